The number of carbonyl (C=O) groups is 3. The van der Waals surface area contributed by atoms with Gasteiger partial charge < -0.3 is 26.2 Å². The minimum atomic E-state index is -1.21. The molecule has 0 fully saturated rings. The molecule has 1 atom stereocenters. The number of hydrogen-bond donors (Lipinski definition) is 4. The molecule has 0 radical (unpaired) electrons. The van der Waals surface area contributed by atoms with Crippen LogP contribution in [0.2, 0.25) is 0 Å². The van der Waals surface area contributed by atoms with Gasteiger partial charge in [0.05, 0.1) is 6.61 Å². The number of urea groups is 1. The Morgan fingerprint density at radius 1 is 1.30 bits per heavy atom. The lowest BCUT2D eigenvalue weighted by Crippen LogP contribution is -2.47. The number of carbonyl (C=O) groups excluding carboxylic acids is 2. The van der Waals surface area contributed by atoms with Crippen molar-refractivity contribution in [3.8, 4) is 0 Å². The molecule has 0 heterocycles. The monoisotopic (exact) mass is 289 g/mol. The summed E-state index contributed by atoms with van der Waals surface area (Å²) in [5.74, 6) is -1.41. The molecule has 0 rings (SSSR count). The van der Waals surface area contributed by atoms with Crippen molar-refractivity contribution < 1.29 is 24.2 Å². The number of nitrogens with one attached hydrogen (secondary N) is 2. The van der Waals surface area contributed by atoms with Crippen molar-refractivity contribution in [2.24, 2.45) is 11.7 Å². The third-order valence-corrected chi connectivity index (χ3v) is 2.27. The number of aliphatic carboxylic acids is 1. The van der Waals surface area contributed by atoms with Gasteiger partial charge in [-0.05, 0) is 12.3 Å². The normalized spacial score (nSPS) is 11.9. The van der Waals surface area contributed by atoms with Crippen molar-refractivity contribution in [2.75, 3.05) is 19.8 Å². The molecule has 0 saturated heterocycles. The van der Waals surface area contributed by atoms with Gasteiger partial charge in [0.1, 0.15) is 6.04 Å². The predicted octanol–water partition coefficient (Wildman–Crippen LogP) is -0.323. The molecule has 0 aromatic rings. The second-order valence-electron chi connectivity index (χ2n) is 4.76. The van der Waals surface area contributed by atoms with Crippen LogP contribution in [0.3, 0.4) is 0 Å². The summed E-state index contributed by atoms with van der Waals surface area (Å²) in [6.45, 7) is 5.25. The average Bonchev–Trinajstić information content (AvgIpc) is 2.32. The highest BCUT2D eigenvalue weighted by molar-refractivity contribution is 5.83. The molecule has 0 spiro atoms. The highest BCUT2D eigenvalue weighted by Gasteiger charge is 2.20. The summed E-state index contributed by atoms with van der Waals surface area (Å²) >= 11 is 0. The van der Waals surface area contributed by atoms with E-state index in [4.69, 9.17) is 15.6 Å². The Balaban J connectivity index is 3.89. The Hall–Kier alpha value is -1.83. The summed E-state index contributed by atoms with van der Waals surface area (Å²) in [6, 6.07) is -1.76. The zero-order chi connectivity index (χ0) is 15.5. The fourth-order valence-electron chi connectivity index (χ4n) is 1.31. The topological polar surface area (TPSA) is 131 Å². The van der Waals surface area contributed by atoms with E-state index in [2.05, 4.69) is 10.6 Å². The van der Waals surface area contributed by atoms with E-state index in [1.54, 1.807) is 0 Å². The average molecular weight is 289 g/mol. The first-order valence-electron chi connectivity index (χ1n) is 6.46. The van der Waals surface area contributed by atoms with Gasteiger partial charge in [0, 0.05) is 19.6 Å². The number of rotatable bonds is 10. The molecule has 0 bridgehead atoms. The number of carboxylic acids is 1. The number of carboxylic acid groups (broad SMARTS) is 1. The maximum absolute atomic E-state index is 11.4. The van der Waals surface area contributed by atoms with Crippen LogP contribution in [0.4, 0.5) is 4.79 Å². The molecule has 5 N–H and O–H groups in total. The van der Waals surface area contributed by atoms with Crippen LogP contribution in [-0.2, 0) is 14.3 Å². The summed E-state index contributed by atoms with van der Waals surface area (Å²) in [6.07, 6.45) is -0.142. The van der Waals surface area contributed by atoms with Crippen LogP contribution in [0, 0.1) is 5.92 Å². The highest BCUT2D eigenvalue weighted by Crippen LogP contribution is 1.97. The van der Waals surface area contributed by atoms with E-state index in [-0.39, 0.29) is 19.4 Å². The molecule has 0 aromatic heterocycles. The van der Waals surface area contributed by atoms with Crippen molar-refractivity contribution in [2.45, 2.75) is 32.7 Å². The van der Waals surface area contributed by atoms with Crippen LogP contribution < -0.4 is 16.4 Å². The number of nitrogens with two attached hydrogens (primary N) is 1. The molecule has 0 aliphatic heterocycles. The zero-order valence-electron chi connectivity index (χ0n) is 11.8. The van der Waals surface area contributed by atoms with Crippen LogP contribution >= 0.6 is 0 Å². The minimum Gasteiger partial charge on any atom is -0.480 e. The third-order valence-electron chi connectivity index (χ3n) is 2.27. The quantitative estimate of drug-likeness (QED) is 0.409. The molecular formula is C12H23N3O5. The fourth-order valence-corrected chi connectivity index (χ4v) is 1.31. The van der Waals surface area contributed by atoms with Crippen LogP contribution in [0.1, 0.15) is 26.7 Å². The Labute approximate surface area is 118 Å². The van der Waals surface area contributed by atoms with Gasteiger partial charge in [-0.25, -0.2) is 9.59 Å². The molecule has 0 saturated carbocycles. The van der Waals surface area contributed by atoms with E-state index >= 15 is 0 Å². The van der Waals surface area contributed by atoms with Crippen molar-refractivity contribution in [1.82, 2.24) is 10.6 Å². The first-order chi connectivity index (χ1) is 9.32. The zero-order valence-corrected chi connectivity index (χ0v) is 11.8. The third kappa shape index (κ3) is 10.1. The van der Waals surface area contributed by atoms with E-state index in [1.165, 1.54) is 0 Å². The van der Waals surface area contributed by atoms with Crippen LogP contribution in [0.25, 0.3) is 0 Å². The predicted molar refractivity (Wildman–Crippen MR) is 72.0 cm³/mol. The summed E-state index contributed by atoms with van der Waals surface area (Å²) in [5, 5.41) is 13.6. The van der Waals surface area contributed by atoms with E-state index in [9.17, 15) is 14.4 Å². The Bertz CT molecular complexity index is 333. The summed E-state index contributed by atoms with van der Waals surface area (Å²) in [4.78, 5) is 32.9. The molecular weight excluding hydrogens is 266 g/mol. The lowest BCUT2D eigenvalue weighted by Gasteiger charge is -2.14. The standard InChI is InChI=1S/C12H23N3O5/c1-8(2)7-20-6-5-14-12(19)15-9(11(17)18)3-4-10(13)16/h8-9H,3-7H2,1-2H3,(H2,13,16)(H,17,18)(H2,14,15,19). The van der Waals surface area contributed by atoms with Gasteiger partial charge in [0.15, 0.2) is 0 Å². The molecule has 0 aromatic carbocycles. The van der Waals surface area contributed by atoms with E-state index in [1.807, 2.05) is 13.8 Å². The molecule has 116 valence electrons. The first kappa shape index (κ1) is 18.2. The van der Waals surface area contributed by atoms with Gasteiger partial charge in [-0.3, -0.25) is 4.79 Å². The molecule has 1 unspecified atom stereocenters. The maximum Gasteiger partial charge on any atom is 0.326 e. The van der Waals surface area contributed by atoms with E-state index in [0.29, 0.717) is 19.1 Å². The van der Waals surface area contributed by atoms with Crippen molar-refractivity contribution in [1.29, 1.82) is 0 Å². The summed E-state index contributed by atoms with van der Waals surface area (Å²) in [5.41, 5.74) is 4.93. The largest absolute Gasteiger partial charge is 0.480 e. The van der Waals surface area contributed by atoms with Gasteiger partial charge >= 0.3 is 12.0 Å². The molecule has 20 heavy (non-hydrogen) atoms. The van der Waals surface area contributed by atoms with Crippen LogP contribution in [-0.4, -0.2) is 48.8 Å². The van der Waals surface area contributed by atoms with Crippen LogP contribution in [0.15, 0.2) is 0 Å². The lowest BCUT2D eigenvalue weighted by molar-refractivity contribution is -0.139. The SMILES string of the molecule is CC(C)COCCNC(=O)NC(CCC(N)=O)C(=O)O. The highest BCUT2D eigenvalue weighted by atomic mass is 16.5. The van der Waals surface area contributed by atoms with Gasteiger partial charge in [-0.15, -0.1) is 0 Å². The molecule has 8 nitrogen and oxygen atoms in total. The van der Waals surface area contributed by atoms with Crippen LogP contribution in [0.5, 0.6) is 0 Å². The second-order valence-corrected chi connectivity index (χ2v) is 4.76. The Morgan fingerprint density at radius 3 is 2.45 bits per heavy atom. The smallest absolute Gasteiger partial charge is 0.326 e. The number of amides is 3. The van der Waals surface area contributed by atoms with Crippen molar-refractivity contribution in [3.63, 3.8) is 0 Å². The van der Waals surface area contributed by atoms with E-state index in [0.717, 1.165) is 0 Å². The summed E-state index contributed by atoms with van der Waals surface area (Å²) in [7, 11) is 0. The van der Waals surface area contributed by atoms with Gasteiger partial charge in [-0.1, -0.05) is 13.8 Å². The van der Waals surface area contributed by atoms with Crippen molar-refractivity contribution >= 4 is 17.9 Å². The first-order valence-corrected chi connectivity index (χ1v) is 6.46. The molecule has 8 heteroatoms. The van der Waals surface area contributed by atoms with E-state index < -0.39 is 23.9 Å². The van der Waals surface area contributed by atoms with Gasteiger partial charge in [0.2, 0.25) is 5.91 Å². The summed E-state index contributed by atoms with van der Waals surface area (Å²) < 4.78 is 5.26. The Kier molecular flexibility index (Phi) is 9.10. The van der Waals surface area contributed by atoms with Gasteiger partial charge in [0.25, 0.3) is 0 Å². The van der Waals surface area contributed by atoms with Gasteiger partial charge in [-0.2, -0.15) is 0 Å². The molecule has 3 amide bonds. The number of hydrogen-bond acceptors (Lipinski definition) is 4. The molecule has 0 aliphatic rings. The molecule has 0 aliphatic carbocycles. The fraction of sp³-hybridized carbons (Fsp3) is 0.750. The second kappa shape index (κ2) is 10.0. The number of primary amides is 1. The van der Waals surface area contributed by atoms with Crippen molar-refractivity contribution in [3.05, 3.63) is 0 Å². The number of ether oxygens (including phenoxy) is 1. The maximum atomic E-state index is 11.4. The minimum absolute atomic E-state index is 0.0397. The Morgan fingerprint density at radius 2 is 1.95 bits per heavy atom. The lowest BCUT2D eigenvalue weighted by atomic mass is 10.1.